The molecule has 2 rings (SSSR count). The van der Waals surface area contributed by atoms with Crippen LogP contribution in [-0.2, 0) is 4.79 Å². The summed E-state index contributed by atoms with van der Waals surface area (Å²) in [7, 11) is 3.91. The van der Waals surface area contributed by atoms with Gasteiger partial charge in [-0.15, -0.1) is 0 Å². The van der Waals surface area contributed by atoms with E-state index in [0.29, 0.717) is 13.0 Å². The fraction of sp³-hybridized carbons (Fsp3) is 0.867. The van der Waals surface area contributed by atoms with E-state index in [2.05, 4.69) is 11.9 Å². The van der Waals surface area contributed by atoms with E-state index in [1.54, 1.807) is 9.80 Å². The first-order valence-corrected chi connectivity index (χ1v) is 7.95. The molecule has 0 aromatic rings. The molecule has 0 radical (unpaired) electrons. The lowest BCUT2D eigenvalue weighted by molar-refractivity contribution is -0.142. The number of carbonyl (C=O) groups excluding carboxylic acids is 1. The summed E-state index contributed by atoms with van der Waals surface area (Å²) in [6.45, 7) is 2.54. The molecule has 120 valence electrons. The molecule has 2 saturated heterocycles. The number of carbonyl (C=O) groups is 2. The number of likely N-dealkylation sites (tertiary alicyclic amines) is 2. The van der Waals surface area contributed by atoms with Gasteiger partial charge >= 0.3 is 12.0 Å². The highest BCUT2D eigenvalue weighted by Gasteiger charge is 2.34. The Hall–Kier alpha value is -1.30. The molecule has 0 bridgehead atoms. The van der Waals surface area contributed by atoms with Gasteiger partial charge in [-0.1, -0.05) is 12.8 Å². The molecule has 0 aromatic carbocycles. The molecular weight excluding hydrogens is 270 g/mol. The van der Waals surface area contributed by atoms with Crippen molar-refractivity contribution in [2.24, 2.45) is 0 Å². The zero-order chi connectivity index (χ0) is 15.4. The summed E-state index contributed by atoms with van der Waals surface area (Å²) < 4.78 is 0. The van der Waals surface area contributed by atoms with Gasteiger partial charge in [0.1, 0.15) is 6.04 Å². The van der Waals surface area contributed by atoms with Crippen molar-refractivity contribution in [3.63, 3.8) is 0 Å². The maximum atomic E-state index is 12.7. The van der Waals surface area contributed by atoms with Gasteiger partial charge in [0.2, 0.25) is 0 Å². The van der Waals surface area contributed by atoms with E-state index >= 15 is 0 Å². The minimum absolute atomic E-state index is 0.112. The summed E-state index contributed by atoms with van der Waals surface area (Å²) in [6.07, 6.45) is 5.29. The van der Waals surface area contributed by atoms with Crippen LogP contribution in [0.1, 0.15) is 38.5 Å². The third kappa shape index (κ3) is 3.87. The average Bonchev–Trinajstić information content (AvgIpc) is 2.72. The Kier molecular flexibility index (Phi) is 5.45. The van der Waals surface area contributed by atoms with Gasteiger partial charge < -0.3 is 19.8 Å². The molecule has 6 nitrogen and oxygen atoms in total. The largest absolute Gasteiger partial charge is 0.480 e. The fourth-order valence-corrected chi connectivity index (χ4v) is 3.34. The van der Waals surface area contributed by atoms with Crippen LogP contribution in [0.2, 0.25) is 0 Å². The average molecular weight is 297 g/mol. The van der Waals surface area contributed by atoms with E-state index in [4.69, 9.17) is 0 Å². The first kappa shape index (κ1) is 16.1. The lowest BCUT2D eigenvalue weighted by Crippen LogP contribution is -2.54. The smallest absolute Gasteiger partial charge is 0.326 e. The highest BCUT2D eigenvalue weighted by molar-refractivity contribution is 5.82. The first-order chi connectivity index (χ1) is 10.0. The Bertz CT molecular complexity index is 380. The Morgan fingerprint density at radius 2 is 1.71 bits per heavy atom. The van der Waals surface area contributed by atoms with Crippen LogP contribution in [0, 0.1) is 0 Å². The second-order valence-electron chi connectivity index (χ2n) is 6.32. The van der Waals surface area contributed by atoms with Gasteiger partial charge in [-0.2, -0.15) is 0 Å². The number of carboxylic acids is 1. The topological polar surface area (TPSA) is 64.1 Å². The number of hydrogen-bond donors (Lipinski definition) is 1. The highest BCUT2D eigenvalue weighted by atomic mass is 16.4. The molecule has 2 aliphatic heterocycles. The van der Waals surface area contributed by atoms with Gasteiger partial charge in [-0.25, -0.2) is 9.59 Å². The minimum Gasteiger partial charge on any atom is -0.480 e. The molecule has 2 heterocycles. The van der Waals surface area contributed by atoms with E-state index in [-0.39, 0.29) is 12.1 Å². The van der Waals surface area contributed by atoms with E-state index in [0.717, 1.165) is 45.2 Å². The van der Waals surface area contributed by atoms with Crippen molar-refractivity contribution in [2.45, 2.75) is 50.6 Å². The van der Waals surface area contributed by atoms with Crippen LogP contribution in [0.25, 0.3) is 0 Å². The first-order valence-electron chi connectivity index (χ1n) is 7.95. The number of nitrogens with zero attached hydrogens (tertiary/aromatic N) is 3. The second kappa shape index (κ2) is 7.11. The Morgan fingerprint density at radius 1 is 1.05 bits per heavy atom. The molecule has 0 spiro atoms. The molecular formula is C15H27N3O3. The van der Waals surface area contributed by atoms with Gasteiger partial charge in [0.05, 0.1) is 0 Å². The van der Waals surface area contributed by atoms with E-state index < -0.39 is 12.0 Å². The third-order valence-electron chi connectivity index (χ3n) is 4.82. The van der Waals surface area contributed by atoms with Crippen LogP contribution in [0.15, 0.2) is 0 Å². The minimum atomic E-state index is -0.873. The summed E-state index contributed by atoms with van der Waals surface area (Å²) in [6, 6.07) is -0.543. The van der Waals surface area contributed by atoms with Crippen molar-refractivity contribution in [2.75, 3.05) is 33.7 Å². The van der Waals surface area contributed by atoms with Crippen LogP contribution in [-0.4, -0.2) is 77.6 Å². The SMILES string of the molecule is CN1CCC(N(C)C(=O)N2CCCCCC2C(=O)O)CC1. The molecule has 1 N–H and O–H groups in total. The number of piperidine rings is 1. The molecule has 6 heteroatoms. The van der Waals surface area contributed by atoms with Crippen molar-refractivity contribution >= 4 is 12.0 Å². The maximum Gasteiger partial charge on any atom is 0.326 e. The van der Waals surface area contributed by atoms with Crippen LogP contribution in [0.4, 0.5) is 4.79 Å². The molecule has 2 fully saturated rings. The van der Waals surface area contributed by atoms with Gasteiger partial charge in [0, 0.05) is 19.6 Å². The quantitative estimate of drug-likeness (QED) is 0.838. The lowest BCUT2D eigenvalue weighted by atomic mass is 10.0. The predicted molar refractivity (Wildman–Crippen MR) is 80.3 cm³/mol. The molecule has 2 aliphatic rings. The summed E-state index contributed by atoms with van der Waals surface area (Å²) in [4.78, 5) is 29.8. The number of urea groups is 1. The summed E-state index contributed by atoms with van der Waals surface area (Å²) in [5.41, 5.74) is 0. The Labute approximate surface area is 126 Å². The molecule has 2 amide bonds. The number of hydrogen-bond acceptors (Lipinski definition) is 3. The van der Waals surface area contributed by atoms with Gasteiger partial charge in [-0.3, -0.25) is 0 Å². The van der Waals surface area contributed by atoms with Crippen molar-refractivity contribution in [1.82, 2.24) is 14.7 Å². The highest BCUT2D eigenvalue weighted by Crippen LogP contribution is 2.21. The van der Waals surface area contributed by atoms with E-state index in [1.807, 2.05) is 7.05 Å². The molecule has 0 aromatic heterocycles. The molecule has 0 aliphatic carbocycles. The Balaban J connectivity index is 2.03. The normalized spacial score (nSPS) is 25.4. The lowest BCUT2D eigenvalue weighted by Gasteiger charge is -2.38. The van der Waals surface area contributed by atoms with Crippen molar-refractivity contribution in [3.05, 3.63) is 0 Å². The predicted octanol–water partition coefficient (Wildman–Crippen LogP) is 1.46. The van der Waals surface area contributed by atoms with E-state index in [1.165, 1.54) is 0 Å². The van der Waals surface area contributed by atoms with E-state index in [9.17, 15) is 14.7 Å². The number of amides is 2. The van der Waals surface area contributed by atoms with Crippen molar-refractivity contribution in [1.29, 1.82) is 0 Å². The van der Waals surface area contributed by atoms with Gasteiger partial charge in [0.15, 0.2) is 0 Å². The van der Waals surface area contributed by atoms with Gasteiger partial charge in [0.25, 0.3) is 0 Å². The fourth-order valence-electron chi connectivity index (χ4n) is 3.34. The third-order valence-corrected chi connectivity index (χ3v) is 4.82. The Morgan fingerprint density at radius 3 is 2.33 bits per heavy atom. The molecule has 1 atom stereocenters. The number of carboxylic acid groups (broad SMARTS) is 1. The van der Waals surface area contributed by atoms with Crippen LogP contribution < -0.4 is 0 Å². The standard InChI is InChI=1S/C15H27N3O3/c1-16-10-7-12(8-11-16)17(2)15(21)18-9-5-3-4-6-13(18)14(19)20/h12-13H,3-11H2,1-2H3,(H,19,20). The zero-order valence-corrected chi connectivity index (χ0v) is 13.1. The maximum absolute atomic E-state index is 12.7. The zero-order valence-electron chi connectivity index (χ0n) is 13.1. The van der Waals surface area contributed by atoms with Crippen LogP contribution >= 0.6 is 0 Å². The molecule has 0 saturated carbocycles. The summed E-state index contributed by atoms with van der Waals surface area (Å²) in [5, 5.41) is 9.39. The number of aliphatic carboxylic acids is 1. The second-order valence-corrected chi connectivity index (χ2v) is 6.32. The van der Waals surface area contributed by atoms with Crippen LogP contribution in [0.5, 0.6) is 0 Å². The monoisotopic (exact) mass is 297 g/mol. The summed E-state index contributed by atoms with van der Waals surface area (Å²) >= 11 is 0. The molecule has 21 heavy (non-hydrogen) atoms. The number of rotatable bonds is 2. The summed E-state index contributed by atoms with van der Waals surface area (Å²) in [5.74, 6) is -0.873. The van der Waals surface area contributed by atoms with Crippen LogP contribution in [0.3, 0.4) is 0 Å². The van der Waals surface area contributed by atoms with Crippen molar-refractivity contribution in [3.8, 4) is 0 Å². The van der Waals surface area contributed by atoms with Gasteiger partial charge in [-0.05, 0) is 45.8 Å². The molecule has 1 unspecified atom stereocenters. The van der Waals surface area contributed by atoms with Crippen molar-refractivity contribution < 1.29 is 14.7 Å².